The van der Waals surface area contributed by atoms with E-state index < -0.39 is 0 Å². The van der Waals surface area contributed by atoms with Gasteiger partial charge in [0.05, 0.1) is 0 Å². The first-order valence-electron chi connectivity index (χ1n) is 4.50. The zero-order valence-corrected chi connectivity index (χ0v) is 11.3. The van der Waals surface area contributed by atoms with E-state index in [0.29, 0.717) is 0 Å². The Balaban J connectivity index is 0. The molecule has 0 heterocycles. The summed E-state index contributed by atoms with van der Waals surface area (Å²) in [5, 5.41) is 0. The van der Waals surface area contributed by atoms with Crippen LogP contribution in [0.2, 0.25) is 0 Å². The molecule has 0 aliphatic rings. The summed E-state index contributed by atoms with van der Waals surface area (Å²) in [6.45, 7) is 10.7. The quantitative estimate of drug-likeness (QED) is 0.605. The van der Waals surface area contributed by atoms with Gasteiger partial charge in [0.2, 0.25) is 0 Å². The van der Waals surface area contributed by atoms with Crippen LogP contribution in [0, 0.1) is 40.7 Å². The van der Waals surface area contributed by atoms with E-state index in [2.05, 4.69) is 40.7 Å². The van der Waals surface area contributed by atoms with Gasteiger partial charge in [-0.1, -0.05) is 34.6 Å². The van der Waals surface area contributed by atoms with Gasteiger partial charge in [-0.25, -0.2) is 0 Å². The molecule has 0 bridgehead atoms. The minimum atomic E-state index is 0. The zero-order chi connectivity index (χ0) is 10.6. The third kappa shape index (κ3) is 3.49. The van der Waals surface area contributed by atoms with Crippen LogP contribution >= 0.6 is 0 Å². The molecule has 1 N–H and O–H groups in total. The fourth-order valence-corrected chi connectivity index (χ4v) is 1.31. The van der Waals surface area contributed by atoms with Crippen molar-refractivity contribution in [2.75, 3.05) is 7.05 Å². The Bertz CT molecular complexity index is 267. The third-order valence-corrected chi connectivity index (χ3v) is 2.62. The summed E-state index contributed by atoms with van der Waals surface area (Å²) < 4.78 is 0. The molecule has 0 saturated heterocycles. The van der Waals surface area contributed by atoms with Gasteiger partial charge in [-0.05, 0) is 0 Å². The fourth-order valence-electron chi connectivity index (χ4n) is 1.31. The van der Waals surface area contributed by atoms with Crippen LogP contribution in [0.1, 0.15) is 27.8 Å². The molecule has 0 aromatic heterocycles. The van der Waals surface area contributed by atoms with E-state index in [0.717, 1.165) is 0 Å². The molecule has 0 spiro atoms. The summed E-state index contributed by atoms with van der Waals surface area (Å²) in [6, 6.07) is 3.35. The maximum Gasteiger partial charge on any atom is 2.00 e. The molecule has 0 fully saturated rings. The van der Waals surface area contributed by atoms with E-state index in [1.54, 1.807) is 0 Å². The van der Waals surface area contributed by atoms with Crippen LogP contribution in [-0.2, 0) is 18.6 Å². The normalized spacial score (nSPS) is 8.50. The molecule has 0 aliphatic heterocycles. The van der Waals surface area contributed by atoms with Crippen molar-refractivity contribution in [2.24, 2.45) is 0 Å². The molecule has 1 rings (SSSR count). The molecule has 0 saturated carbocycles. The molecule has 0 atom stereocenters. The summed E-state index contributed by atoms with van der Waals surface area (Å²) in [4.78, 5) is 0. The zero-order valence-electron chi connectivity index (χ0n) is 9.95. The Morgan fingerprint density at radius 1 is 0.714 bits per heavy atom. The first-order valence-corrected chi connectivity index (χ1v) is 4.50. The topological polar surface area (TPSA) is 23.8 Å². The van der Waals surface area contributed by atoms with Crippen molar-refractivity contribution >= 4 is 0 Å². The molecule has 2 heteroatoms. The Morgan fingerprint density at radius 2 is 1.00 bits per heavy atom. The first-order chi connectivity index (χ1) is 6.04. The Morgan fingerprint density at radius 3 is 1.29 bits per heavy atom. The first kappa shape index (κ1) is 16.2. The van der Waals surface area contributed by atoms with E-state index in [1.807, 2.05) is 0 Å². The molecule has 0 unspecified atom stereocenters. The van der Waals surface area contributed by atoms with E-state index in [1.165, 1.54) is 34.9 Å². The second-order valence-electron chi connectivity index (χ2n) is 3.25. The third-order valence-electron chi connectivity index (χ3n) is 2.62. The smallest absolute Gasteiger partial charge is 0.680 e. The standard InChI is InChI=1S/C11H15.CH4N.V/c1-7-6-8(2)10(4)11(5)9(7)3;1-2;/h1-5H3;2H,1H3;/q2*-1;+2. The predicted octanol–water partition coefficient (Wildman–Crippen LogP) is 3.69. The number of benzene rings is 1. The predicted molar refractivity (Wildman–Crippen MR) is 59.2 cm³/mol. The largest absolute Gasteiger partial charge is 2.00 e. The fraction of sp³-hybridized carbons (Fsp3) is 0.500. The van der Waals surface area contributed by atoms with Crippen LogP contribution in [0.4, 0.5) is 0 Å². The van der Waals surface area contributed by atoms with Crippen molar-refractivity contribution in [3.8, 4) is 0 Å². The summed E-state index contributed by atoms with van der Waals surface area (Å²) >= 11 is 0. The molecule has 77 valence electrons. The van der Waals surface area contributed by atoms with Gasteiger partial charge in [0.1, 0.15) is 0 Å². The van der Waals surface area contributed by atoms with Crippen LogP contribution in [0.5, 0.6) is 0 Å². The molecule has 1 radical (unpaired) electrons. The van der Waals surface area contributed by atoms with E-state index >= 15 is 0 Å². The minimum Gasteiger partial charge on any atom is -0.680 e. The number of rotatable bonds is 0. The van der Waals surface area contributed by atoms with Gasteiger partial charge in [-0.3, -0.25) is 0 Å². The van der Waals surface area contributed by atoms with Crippen LogP contribution in [0.15, 0.2) is 0 Å². The van der Waals surface area contributed by atoms with Crippen molar-refractivity contribution in [3.05, 3.63) is 39.6 Å². The van der Waals surface area contributed by atoms with Gasteiger partial charge in [0, 0.05) is 0 Å². The van der Waals surface area contributed by atoms with Crippen molar-refractivity contribution in [2.45, 2.75) is 34.6 Å². The van der Waals surface area contributed by atoms with Crippen LogP contribution in [0.3, 0.4) is 0 Å². The number of hydrogen-bond acceptors (Lipinski definition) is 0. The van der Waals surface area contributed by atoms with Crippen molar-refractivity contribution < 1.29 is 18.6 Å². The van der Waals surface area contributed by atoms with Gasteiger partial charge in [-0.2, -0.15) is 40.9 Å². The molecule has 0 amide bonds. The van der Waals surface area contributed by atoms with E-state index in [9.17, 15) is 0 Å². The SMILES string of the molecule is C[NH-].Cc1[c-]c(C)c(C)c(C)c1C.[V+2]. The summed E-state index contributed by atoms with van der Waals surface area (Å²) in [7, 11) is 1.25. The summed E-state index contributed by atoms with van der Waals surface area (Å²) in [5.41, 5.74) is 12.5. The van der Waals surface area contributed by atoms with Gasteiger partial charge in [-0.15, -0.1) is 0 Å². The molecular formula is C12H19NV. The van der Waals surface area contributed by atoms with Crippen molar-refractivity contribution in [1.82, 2.24) is 0 Å². The van der Waals surface area contributed by atoms with Crippen molar-refractivity contribution in [1.29, 1.82) is 0 Å². The number of nitrogens with one attached hydrogen (secondary N) is 1. The van der Waals surface area contributed by atoms with E-state index in [4.69, 9.17) is 5.73 Å². The molecule has 0 aliphatic carbocycles. The molecule has 1 nitrogen and oxygen atoms in total. The van der Waals surface area contributed by atoms with Gasteiger partial charge in [0.25, 0.3) is 0 Å². The van der Waals surface area contributed by atoms with Gasteiger partial charge >= 0.3 is 18.6 Å². The Kier molecular flexibility index (Phi) is 8.23. The second-order valence-corrected chi connectivity index (χ2v) is 3.25. The molecule has 14 heavy (non-hydrogen) atoms. The minimum absolute atomic E-state index is 0. The van der Waals surface area contributed by atoms with Crippen LogP contribution in [0.25, 0.3) is 5.73 Å². The Labute approximate surface area is 100.0 Å². The Hall–Kier alpha value is -0.236. The van der Waals surface area contributed by atoms with Crippen LogP contribution in [-0.4, -0.2) is 7.05 Å². The molecular weight excluding hydrogens is 209 g/mol. The average molecular weight is 228 g/mol. The molecule has 1 aromatic carbocycles. The molecule has 1 aromatic rings. The van der Waals surface area contributed by atoms with E-state index in [-0.39, 0.29) is 18.6 Å². The van der Waals surface area contributed by atoms with Gasteiger partial charge < -0.3 is 5.73 Å². The van der Waals surface area contributed by atoms with Gasteiger partial charge in [0.15, 0.2) is 0 Å². The monoisotopic (exact) mass is 228 g/mol. The second kappa shape index (κ2) is 7.11. The van der Waals surface area contributed by atoms with Crippen molar-refractivity contribution in [3.63, 3.8) is 0 Å². The maximum atomic E-state index is 5.75. The summed E-state index contributed by atoms with van der Waals surface area (Å²) in [5.74, 6) is 0. The average Bonchev–Trinajstić information content (AvgIpc) is 2.15. The number of hydrogen-bond donors (Lipinski definition) is 0. The van der Waals surface area contributed by atoms with Crippen LogP contribution < -0.4 is 0 Å². The maximum absolute atomic E-state index is 5.75. The summed E-state index contributed by atoms with van der Waals surface area (Å²) in [6.07, 6.45) is 0. The number of aryl methyl sites for hydroxylation is 2.